The van der Waals surface area contributed by atoms with Crippen molar-refractivity contribution in [2.75, 3.05) is 17.3 Å². The lowest BCUT2D eigenvalue weighted by Gasteiger charge is -2.03. The lowest BCUT2D eigenvalue weighted by atomic mass is 10.1. The van der Waals surface area contributed by atoms with Crippen molar-refractivity contribution in [1.29, 1.82) is 0 Å². The summed E-state index contributed by atoms with van der Waals surface area (Å²) in [6.45, 7) is 1.86. The normalized spacial score (nSPS) is 10.3. The Bertz CT molecular complexity index is 537. The maximum absolute atomic E-state index is 11.6. The SMILES string of the molecule is CSCC(=O)Nc1onc(C)c1-c1ccccc1. The van der Waals surface area contributed by atoms with Gasteiger partial charge in [0.1, 0.15) is 0 Å². The number of amides is 1. The number of anilines is 1. The lowest BCUT2D eigenvalue weighted by Crippen LogP contribution is -2.13. The van der Waals surface area contributed by atoms with Crippen LogP contribution in [0.2, 0.25) is 0 Å². The Morgan fingerprint density at radius 2 is 2.11 bits per heavy atom. The Morgan fingerprint density at radius 1 is 1.39 bits per heavy atom. The number of rotatable bonds is 4. The molecule has 94 valence electrons. The molecule has 0 aliphatic heterocycles. The zero-order valence-corrected chi connectivity index (χ0v) is 11.1. The molecule has 0 saturated carbocycles. The third-order valence-corrected chi connectivity index (χ3v) is 3.00. The van der Waals surface area contributed by atoms with Gasteiger partial charge in [0.15, 0.2) is 0 Å². The van der Waals surface area contributed by atoms with Crippen LogP contribution in [-0.4, -0.2) is 23.1 Å². The van der Waals surface area contributed by atoms with Crippen LogP contribution in [0.3, 0.4) is 0 Å². The quantitative estimate of drug-likeness (QED) is 0.920. The van der Waals surface area contributed by atoms with Crippen LogP contribution in [0.25, 0.3) is 11.1 Å². The van der Waals surface area contributed by atoms with E-state index in [4.69, 9.17) is 4.52 Å². The summed E-state index contributed by atoms with van der Waals surface area (Å²) >= 11 is 1.46. The maximum Gasteiger partial charge on any atom is 0.239 e. The van der Waals surface area contributed by atoms with Crippen molar-refractivity contribution in [3.8, 4) is 11.1 Å². The Hall–Kier alpha value is -1.75. The molecule has 1 aromatic carbocycles. The van der Waals surface area contributed by atoms with Crippen LogP contribution >= 0.6 is 11.8 Å². The Kier molecular flexibility index (Phi) is 4.04. The number of carbonyl (C=O) groups is 1. The molecule has 1 amide bonds. The van der Waals surface area contributed by atoms with Crippen LogP contribution in [0.4, 0.5) is 5.88 Å². The van der Waals surface area contributed by atoms with Gasteiger partial charge in [-0.2, -0.15) is 11.8 Å². The van der Waals surface area contributed by atoms with Crippen LogP contribution in [-0.2, 0) is 4.79 Å². The number of hydrogen-bond donors (Lipinski definition) is 1. The van der Waals surface area contributed by atoms with Crippen molar-refractivity contribution in [2.45, 2.75) is 6.92 Å². The first-order valence-corrected chi connectivity index (χ1v) is 6.92. The zero-order chi connectivity index (χ0) is 13.0. The molecule has 0 spiro atoms. The zero-order valence-electron chi connectivity index (χ0n) is 10.3. The molecule has 1 heterocycles. The first-order valence-electron chi connectivity index (χ1n) is 5.53. The van der Waals surface area contributed by atoms with E-state index < -0.39 is 0 Å². The predicted molar refractivity (Wildman–Crippen MR) is 73.7 cm³/mol. The Morgan fingerprint density at radius 3 is 2.78 bits per heavy atom. The third-order valence-electron chi connectivity index (χ3n) is 2.45. The monoisotopic (exact) mass is 262 g/mol. The van der Waals surface area contributed by atoms with E-state index in [0.29, 0.717) is 11.6 Å². The van der Waals surface area contributed by atoms with Gasteiger partial charge in [-0.15, -0.1) is 0 Å². The third kappa shape index (κ3) is 2.73. The number of hydrogen-bond acceptors (Lipinski definition) is 4. The van der Waals surface area contributed by atoms with Gasteiger partial charge < -0.3 is 4.52 Å². The summed E-state index contributed by atoms with van der Waals surface area (Å²) in [6.07, 6.45) is 1.88. The molecule has 0 aliphatic rings. The molecule has 0 unspecified atom stereocenters. The van der Waals surface area contributed by atoms with Crippen LogP contribution in [0, 0.1) is 6.92 Å². The largest absolute Gasteiger partial charge is 0.337 e. The average molecular weight is 262 g/mol. The molecule has 0 saturated heterocycles. The summed E-state index contributed by atoms with van der Waals surface area (Å²) in [5.74, 6) is 0.724. The number of nitrogens with one attached hydrogen (secondary N) is 1. The van der Waals surface area contributed by atoms with E-state index in [9.17, 15) is 4.79 Å². The van der Waals surface area contributed by atoms with Crippen molar-refractivity contribution in [1.82, 2.24) is 5.16 Å². The minimum absolute atomic E-state index is 0.0872. The lowest BCUT2D eigenvalue weighted by molar-refractivity contribution is -0.113. The van der Waals surface area contributed by atoms with Gasteiger partial charge in [0.2, 0.25) is 11.8 Å². The fourth-order valence-corrected chi connectivity index (χ4v) is 2.03. The fraction of sp³-hybridized carbons (Fsp3) is 0.231. The second-order valence-electron chi connectivity index (χ2n) is 3.82. The molecule has 0 bridgehead atoms. The topological polar surface area (TPSA) is 55.1 Å². The molecule has 0 radical (unpaired) electrons. The van der Waals surface area contributed by atoms with Gasteiger partial charge >= 0.3 is 0 Å². The second kappa shape index (κ2) is 5.73. The molecule has 1 aromatic heterocycles. The highest BCUT2D eigenvalue weighted by atomic mass is 32.2. The highest BCUT2D eigenvalue weighted by Crippen LogP contribution is 2.31. The van der Waals surface area contributed by atoms with Crippen molar-refractivity contribution in [3.05, 3.63) is 36.0 Å². The van der Waals surface area contributed by atoms with Gasteiger partial charge in [-0.25, -0.2) is 0 Å². The van der Waals surface area contributed by atoms with Crippen LogP contribution in [0.5, 0.6) is 0 Å². The van der Waals surface area contributed by atoms with E-state index in [1.54, 1.807) is 0 Å². The van der Waals surface area contributed by atoms with E-state index in [0.717, 1.165) is 16.8 Å². The molecule has 0 atom stereocenters. The fourth-order valence-electron chi connectivity index (χ4n) is 1.69. The van der Waals surface area contributed by atoms with Gasteiger partial charge in [0.05, 0.1) is 17.0 Å². The molecule has 18 heavy (non-hydrogen) atoms. The first kappa shape index (κ1) is 12.7. The smallest absolute Gasteiger partial charge is 0.239 e. The van der Waals surface area contributed by atoms with Crippen LogP contribution in [0.15, 0.2) is 34.9 Å². The number of aromatic nitrogens is 1. The standard InChI is InChI=1S/C13H14N2O2S/c1-9-12(10-6-4-3-5-7-10)13(17-15-9)14-11(16)8-18-2/h3-7H,8H2,1-2H3,(H,14,16). The van der Waals surface area contributed by atoms with E-state index in [2.05, 4.69) is 10.5 Å². The minimum Gasteiger partial charge on any atom is -0.337 e. The number of carbonyl (C=O) groups excluding carboxylic acids is 1. The number of nitrogens with zero attached hydrogens (tertiary/aromatic N) is 1. The summed E-state index contributed by atoms with van der Waals surface area (Å²) in [4.78, 5) is 11.6. The van der Waals surface area contributed by atoms with Gasteiger partial charge in [-0.05, 0) is 18.7 Å². The molecule has 1 N–H and O–H groups in total. The van der Waals surface area contributed by atoms with Gasteiger partial charge in [0, 0.05) is 0 Å². The number of thioether (sulfide) groups is 1. The summed E-state index contributed by atoms with van der Waals surface area (Å²) < 4.78 is 5.18. The molecular weight excluding hydrogens is 248 g/mol. The number of aryl methyl sites for hydroxylation is 1. The van der Waals surface area contributed by atoms with E-state index in [1.165, 1.54) is 11.8 Å². The summed E-state index contributed by atoms with van der Waals surface area (Å²) in [5, 5.41) is 6.65. The second-order valence-corrected chi connectivity index (χ2v) is 4.69. The van der Waals surface area contributed by atoms with Crippen molar-refractivity contribution in [2.24, 2.45) is 0 Å². The van der Waals surface area contributed by atoms with Crippen molar-refractivity contribution in [3.63, 3.8) is 0 Å². The predicted octanol–water partition coefficient (Wildman–Crippen LogP) is 2.95. The maximum atomic E-state index is 11.6. The molecule has 5 heteroatoms. The summed E-state index contributed by atoms with van der Waals surface area (Å²) in [6, 6.07) is 9.75. The van der Waals surface area contributed by atoms with Crippen LogP contribution < -0.4 is 5.32 Å². The molecule has 2 rings (SSSR count). The van der Waals surface area contributed by atoms with E-state index >= 15 is 0 Å². The Balaban J connectivity index is 2.31. The number of benzene rings is 1. The Labute approximate surface area is 110 Å². The molecular formula is C13H14N2O2S. The summed E-state index contributed by atoms with van der Waals surface area (Å²) in [5.41, 5.74) is 2.58. The molecule has 0 aliphatic carbocycles. The van der Waals surface area contributed by atoms with Gasteiger partial charge in [-0.1, -0.05) is 35.5 Å². The van der Waals surface area contributed by atoms with Gasteiger partial charge in [0.25, 0.3) is 0 Å². The minimum atomic E-state index is -0.0872. The highest BCUT2D eigenvalue weighted by Gasteiger charge is 2.16. The van der Waals surface area contributed by atoms with Crippen molar-refractivity contribution >= 4 is 23.6 Å². The van der Waals surface area contributed by atoms with Crippen LogP contribution in [0.1, 0.15) is 5.69 Å². The van der Waals surface area contributed by atoms with E-state index in [1.807, 2.05) is 43.5 Å². The summed E-state index contributed by atoms with van der Waals surface area (Å²) in [7, 11) is 0. The average Bonchev–Trinajstić information content (AvgIpc) is 2.72. The van der Waals surface area contributed by atoms with Gasteiger partial charge in [-0.3, -0.25) is 10.1 Å². The molecule has 4 nitrogen and oxygen atoms in total. The van der Waals surface area contributed by atoms with Crippen molar-refractivity contribution < 1.29 is 9.32 Å². The highest BCUT2D eigenvalue weighted by molar-refractivity contribution is 7.99. The van der Waals surface area contributed by atoms with E-state index in [-0.39, 0.29) is 5.91 Å². The molecule has 0 fully saturated rings. The first-order chi connectivity index (χ1) is 8.72. The molecule has 2 aromatic rings.